The molecule has 0 bridgehead atoms. The molecule has 0 saturated carbocycles. The summed E-state index contributed by atoms with van der Waals surface area (Å²) in [5, 5.41) is 9.09. The quantitative estimate of drug-likeness (QED) is 0.633. The minimum Gasteiger partial charge on any atom is -0.393 e. The van der Waals surface area contributed by atoms with Gasteiger partial charge in [0, 0.05) is 6.42 Å². The summed E-state index contributed by atoms with van der Waals surface area (Å²) in [5.74, 6) is 0. The summed E-state index contributed by atoms with van der Waals surface area (Å²) in [6.07, 6.45) is -3.91. The Morgan fingerprint density at radius 1 is 1.45 bits per heavy atom. The summed E-state index contributed by atoms with van der Waals surface area (Å²) in [7, 11) is 0. The molecule has 1 fully saturated rings. The number of rotatable bonds is 1. The highest BCUT2D eigenvalue weighted by Crippen LogP contribution is 2.23. The number of hydrogen-bond acceptors (Lipinski definition) is 2. The van der Waals surface area contributed by atoms with Crippen LogP contribution in [0.25, 0.3) is 0 Å². The lowest BCUT2D eigenvalue weighted by molar-refractivity contribution is -0.142. The normalized spacial score (nSPS) is 39.5. The third kappa shape index (κ3) is 2.38. The van der Waals surface area contributed by atoms with E-state index in [1.807, 2.05) is 0 Å². The van der Waals surface area contributed by atoms with Gasteiger partial charge in [0.1, 0.15) is 6.10 Å². The van der Waals surface area contributed by atoms with Crippen molar-refractivity contribution in [2.45, 2.75) is 44.5 Å². The zero-order chi connectivity index (χ0) is 8.43. The average Bonchev–Trinajstić information content (AvgIpc) is 1.85. The second-order valence-electron chi connectivity index (χ2n) is 2.94. The Bertz CT molecular complexity index is 120. The van der Waals surface area contributed by atoms with E-state index >= 15 is 0 Å². The van der Waals surface area contributed by atoms with Gasteiger partial charge >= 0.3 is 0 Å². The largest absolute Gasteiger partial charge is 0.393 e. The van der Waals surface area contributed by atoms with E-state index in [0.717, 1.165) is 0 Å². The van der Waals surface area contributed by atoms with Crippen molar-refractivity contribution in [1.82, 2.24) is 0 Å². The molecule has 0 aromatic heterocycles. The van der Waals surface area contributed by atoms with Gasteiger partial charge in [0.05, 0.1) is 12.2 Å². The fourth-order valence-electron chi connectivity index (χ4n) is 1.32. The van der Waals surface area contributed by atoms with Gasteiger partial charge in [-0.05, 0) is 13.3 Å². The molecule has 1 aliphatic heterocycles. The number of hydrogen-bond donors (Lipinski definition) is 1. The molecule has 0 aromatic rings. The van der Waals surface area contributed by atoms with Gasteiger partial charge in [-0.25, -0.2) is 8.78 Å². The fraction of sp³-hybridized carbons (Fsp3) is 1.00. The average molecular weight is 166 g/mol. The molecule has 66 valence electrons. The zero-order valence-corrected chi connectivity index (χ0v) is 6.34. The minimum atomic E-state index is -2.48. The molecule has 1 N–H and O–H groups in total. The van der Waals surface area contributed by atoms with Crippen LogP contribution in [-0.4, -0.2) is 29.8 Å². The van der Waals surface area contributed by atoms with Crippen LogP contribution in [0.4, 0.5) is 8.78 Å². The Labute approximate surface area is 64.2 Å². The summed E-state index contributed by atoms with van der Waals surface area (Å²) in [5.41, 5.74) is 0. The van der Waals surface area contributed by atoms with Gasteiger partial charge < -0.3 is 9.84 Å². The van der Waals surface area contributed by atoms with E-state index in [0.29, 0.717) is 6.42 Å². The van der Waals surface area contributed by atoms with E-state index in [1.54, 1.807) is 6.92 Å². The van der Waals surface area contributed by atoms with E-state index in [1.165, 1.54) is 0 Å². The van der Waals surface area contributed by atoms with Crippen molar-refractivity contribution in [3.63, 3.8) is 0 Å². The van der Waals surface area contributed by atoms with Crippen molar-refractivity contribution in [3.05, 3.63) is 0 Å². The fourth-order valence-corrected chi connectivity index (χ4v) is 1.32. The molecule has 0 amide bonds. The molecule has 3 atom stereocenters. The predicted octanol–water partition coefficient (Wildman–Crippen LogP) is 1.18. The Hall–Kier alpha value is -0.220. The predicted molar refractivity (Wildman–Crippen MR) is 35.6 cm³/mol. The van der Waals surface area contributed by atoms with Crippen molar-refractivity contribution < 1.29 is 18.6 Å². The van der Waals surface area contributed by atoms with Crippen LogP contribution in [0.3, 0.4) is 0 Å². The first kappa shape index (κ1) is 8.87. The third-order valence-electron chi connectivity index (χ3n) is 1.80. The zero-order valence-electron chi connectivity index (χ0n) is 6.34. The van der Waals surface area contributed by atoms with Gasteiger partial charge in [-0.3, -0.25) is 0 Å². The van der Waals surface area contributed by atoms with Crippen LogP contribution in [0.5, 0.6) is 0 Å². The molecular weight excluding hydrogens is 154 g/mol. The molecule has 2 nitrogen and oxygen atoms in total. The number of aliphatic hydroxyl groups is 1. The Morgan fingerprint density at radius 3 is 2.55 bits per heavy atom. The highest BCUT2D eigenvalue weighted by atomic mass is 19.3. The summed E-state index contributed by atoms with van der Waals surface area (Å²) < 4.78 is 29.0. The Kier molecular flexibility index (Phi) is 2.78. The smallest absolute Gasteiger partial charge is 0.264 e. The number of ether oxygens (including phenoxy) is 1. The first-order valence-electron chi connectivity index (χ1n) is 3.71. The van der Waals surface area contributed by atoms with Gasteiger partial charge in [-0.1, -0.05) is 0 Å². The molecule has 0 radical (unpaired) electrons. The van der Waals surface area contributed by atoms with E-state index in [2.05, 4.69) is 0 Å². The van der Waals surface area contributed by atoms with Crippen molar-refractivity contribution in [1.29, 1.82) is 0 Å². The lowest BCUT2D eigenvalue weighted by Crippen LogP contribution is -2.38. The van der Waals surface area contributed by atoms with Crippen molar-refractivity contribution in [2.75, 3.05) is 0 Å². The van der Waals surface area contributed by atoms with Crippen LogP contribution in [0.15, 0.2) is 0 Å². The molecule has 11 heavy (non-hydrogen) atoms. The monoisotopic (exact) mass is 166 g/mol. The lowest BCUT2D eigenvalue weighted by Gasteiger charge is -2.30. The summed E-state index contributed by atoms with van der Waals surface area (Å²) in [6, 6.07) is 0. The first-order chi connectivity index (χ1) is 5.09. The Balaban J connectivity index is 2.43. The standard InChI is InChI=1S/C7H12F2O2/c1-4-2-5(10)3-6(11-4)7(8)9/h4-7,10H,2-3H2,1H3. The molecule has 0 aliphatic carbocycles. The molecule has 1 saturated heterocycles. The molecule has 0 spiro atoms. The van der Waals surface area contributed by atoms with Gasteiger partial charge in [-0.2, -0.15) is 0 Å². The molecule has 1 heterocycles. The Morgan fingerprint density at radius 2 is 2.09 bits per heavy atom. The number of aliphatic hydroxyl groups excluding tert-OH is 1. The van der Waals surface area contributed by atoms with E-state index in [9.17, 15) is 8.78 Å². The molecule has 1 rings (SSSR count). The molecule has 3 unspecified atom stereocenters. The van der Waals surface area contributed by atoms with E-state index in [4.69, 9.17) is 9.84 Å². The highest BCUT2D eigenvalue weighted by Gasteiger charge is 2.31. The second kappa shape index (κ2) is 3.45. The molecule has 4 heteroatoms. The molecule has 1 aliphatic rings. The van der Waals surface area contributed by atoms with E-state index < -0.39 is 18.6 Å². The summed E-state index contributed by atoms with van der Waals surface area (Å²) >= 11 is 0. The minimum absolute atomic E-state index is 0.0575. The van der Waals surface area contributed by atoms with Crippen LogP contribution in [0.2, 0.25) is 0 Å². The third-order valence-corrected chi connectivity index (χ3v) is 1.80. The van der Waals surface area contributed by atoms with E-state index in [-0.39, 0.29) is 12.5 Å². The van der Waals surface area contributed by atoms with Crippen molar-refractivity contribution in [2.24, 2.45) is 0 Å². The molecule has 0 aromatic carbocycles. The maximum Gasteiger partial charge on any atom is 0.264 e. The van der Waals surface area contributed by atoms with Gasteiger partial charge in [0.25, 0.3) is 6.43 Å². The van der Waals surface area contributed by atoms with Gasteiger partial charge in [0.15, 0.2) is 0 Å². The second-order valence-corrected chi connectivity index (χ2v) is 2.94. The number of halogens is 2. The van der Waals surface area contributed by atoms with Crippen LogP contribution in [0.1, 0.15) is 19.8 Å². The lowest BCUT2D eigenvalue weighted by atomic mass is 10.0. The van der Waals surface area contributed by atoms with Crippen molar-refractivity contribution in [3.8, 4) is 0 Å². The van der Waals surface area contributed by atoms with Gasteiger partial charge in [0.2, 0.25) is 0 Å². The van der Waals surface area contributed by atoms with Crippen LogP contribution >= 0.6 is 0 Å². The maximum atomic E-state index is 12.0. The number of alkyl halides is 2. The molecular formula is C7H12F2O2. The van der Waals surface area contributed by atoms with Crippen LogP contribution in [0, 0.1) is 0 Å². The summed E-state index contributed by atoms with van der Waals surface area (Å²) in [6.45, 7) is 1.69. The highest BCUT2D eigenvalue weighted by molar-refractivity contribution is 4.76. The van der Waals surface area contributed by atoms with Crippen LogP contribution in [-0.2, 0) is 4.74 Å². The topological polar surface area (TPSA) is 29.5 Å². The van der Waals surface area contributed by atoms with Gasteiger partial charge in [-0.15, -0.1) is 0 Å². The maximum absolute atomic E-state index is 12.0. The van der Waals surface area contributed by atoms with Crippen molar-refractivity contribution >= 4 is 0 Å². The van der Waals surface area contributed by atoms with Crippen LogP contribution < -0.4 is 0 Å². The first-order valence-corrected chi connectivity index (χ1v) is 3.71. The summed E-state index contributed by atoms with van der Waals surface area (Å²) in [4.78, 5) is 0. The SMILES string of the molecule is CC1CC(O)CC(C(F)F)O1.